The summed E-state index contributed by atoms with van der Waals surface area (Å²) in [6.45, 7) is 0.586. The van der Waals surface area contributed by atoms with E-state index in [1.54, 1.807) is 12.1 Å². The van der Waals surface area contributed by atoms with Crippen molar-refractivity contribution in [3.63, 3.8) is 0 Å². The molecular formula is C28H24O7. The molecule has 3 aliphatic rings. The molecular weight excluding hydrogens is 448 g/mol. The van der Waals surface area contributed by atoms with Gasteiger partial charge in [0.2, 0.25) is 12.5 Å². The van der Waals surface area contributed by atoms with Crippen molar-refractivity contribution in [2.75, 3.05) is 6.79 Å². The smallest absolute Gasteiger partial charge is 0.342 e. The van der Waals surface area contributed by atoms with E-state index in [9.17, 15) is 9.90 Å². The molecule has 3 aromatic carbocycles. The molecule has 7 nitrogen and oxygen atoms in total. The molecule has 0 saturated heterocycles. The monoisotopic (exact) mass is 472 g/mol. The molecule has 3 aromatic rings. The molecule has 1 aliphatic carbocycles. The quantitative estimate of drug-likeness (QED) is 0.427. The Morgan fingerprint density at radius 1 is 0.914 bits per heavy atom. The number of aliphatic hydroxyl groups excluding tert-OH is 1. The normalized spacial score (nSPS) is 23.9. The van der Waals surface area contributed by atoms with Crippen LogP contribution in [0.1, 0.15) is 33.0 Å². The second-order valence-corrected chi connectivity index (χ2v) is 8.71. The van der Waals surface area contributed by atoms with Crippen LogP contribution in [0, 0.1) is 0 Å². The minimum absolute atomic E-state index is 0.0421. The molecule has 2 aliphatic heterocycles. The van der Waals surface area contributed by atoms with Crippen molar-refractivity contribution in [1.82, 2.24) is 0 Å². The highest BCUT2D eigenvalue weighted by Gasteiger charge is 2.47. The Labute approximate surface area is 202 Å². The molecule has 0 saturated carbocycles. The third-order valence-corrected chi connectivity index (χ3v) is 6.50. The fourth-order valence-corrected chi connectivity index (χ4v) is 4.79. The summed E-state index contributed by atoms with van der Waals surface area (Å²) in [5, 5.41) is 10.7. The van der Waals surface area contributed by atoms with Gasteiger partial charge < -0.3 is 28.8 Å². The van der Waals surface area contributed by atoms with Crippen LogP contribution in [-0.4, -0.2) is 36.2 Å². The van der Waals surface area contributed by atoms with Gasteiger partial charge in [-0.1, -0.05) is 72.8 Å². The van der Waals surface area contributed by atoms with E-state index in [0.29, 0.717) is 28.4 Å². The topological polar surface area (TPSA) is 83.5 Å². The van der Waals surface area contributed by atoms with E-state index >= 15 is 0 Å². The maximum absolute atomic E-state index is 13.3. The van der Waals surface area contributed by atoms with Crippen LogP contribution in [0.15, 0.2) is 78.9 Å². The van der Waals surface area contributed by atoms with E-state index < -0.39 is 24.3 Å². The first-order valence-electron chi connectivity index (χ1n) is 11.5. The molecule has 7 heteroatoms. The summed E-state index contributed by atoms with van der Waals surface area (Å²) in [6.07, 6.45) is 1.22. The first-order valence-corrected chi connectivity index (χ1v) is 11.5. The summed E-state index contributed by atoms with van der Waals surface area (Å²) in [4.78, 5) is 13.3. The molecule has 0 amide bonds. The van der Waals surface area contributed by atoms with Crippen molar-refractivity contribution in [1.29, 1.82) is 0 Å². The van der Waals surface area contributed by atoms with Crippen LogP contribution in [-0.2, 0) is 22.7 Å². The molecule has 0 aromatic heterocycles. The second kappa shape index (κ2) is 9.09. The van der Waals surface area contributed by atoms with E-state index in [-0.39, 0.29) is 25.9 Å². The number of benzene rings is 3. The zero-order valence-electron chi connectivity index (χ0n) is 18.8. The maximum atomic E-state index is 13.3. The maximum Gasteiger partial charge on any atom is 0.342 e. The molecule has 0 bridgehead atoms. The molecule has 0 radical (unpaired) electrons. The minimum Gasteiger partial charge on any atom is -0.484 e. The van der Waals surface area contributed by atoms with Crippen LogP contribution in [0.5, 0.6) is 17.2 Å². The van der Waals surface area contributed by atoms with Gasteiger partial charge in [-0.2, -0.15) is 0 Å². The average Bonchev–Trinajstić information content (AvgIpc) is 3.36. The number of esters is 1. The summed E-state index contributed by atoms with van der Waals surface area (Å²) in [5.41, 5.74) is 2.94. The van der Waals surface area contributed by atoms with Gasteiger partial charge in [0.15, 0.2) is 11.5 Å². The Morgan fingerprint density at radius 3 is 2.37 bits per heavy atom. The van der Waals surface area contributed by atoms with Gasteiger partial charge in [-0.15, -0.1) is 0 Å². The lowest BCUT2D eigenvalue weighted by Crippen LogP contribution is -2.49. The fourth-order valence-electron chi connectivity index (χ4n) is 4.79. The van der Waals surface area contributed by atoms with Crippen molar-refractivity contribution in [2.45, 2.75) is 37.4 Å². The molecule has 4 atom stereocenters. The van der Waals surface area contributed by atoms with Crippen LogP contribution in [0.4, 0.5) is 0 Å². The van der Waals surface area contributed by atoms with Gasteiger partial charge >= 0.3 is 5.97 Å². The second-order valence-electron chi connectivity index (χ2n) is 8.71. The number of rotatable bonds is 6. The van der Waals surface area contributed by atoms with Crippen LogP contribution in [0.2, 0.25) is 0 Å². The standard InChI is InChI=1S/C28H24O7/c29-21-12-11-19-20-13-22-26(34-16-33-22)27(32-15-18-9-5-2-6-10-18)23(20)28(30)35-24(19)25(21)31-14-17-7-3-1-4-8-17/h1-13,19,21,24-25,29H,14-16H2/t19-,21-,24+,25-/m1/s1. The number of hydrogen-bond acceptors (Lipinski definition) is 7. The molecule has 35 heavy (non-hydrogen) atoms. The van der Waals surface area contributed by atoms with Gasteiger partial charge in [0.1, 0.15) is 30.5 Å². The Hall–Kier alpha value is -3.81. The summed E-state index contributed by atoms with van der Waals surface area (Å²) < 4.78 is 29.4. The fraction of sp³-hybridized carbons (Fsp3) is 0.250. The van der Waals surface area contributed by atoms with Crippen molar-refractivity contribution >= 4 is 5.97 Å². The van der Waals surface area contributed by atoms with Gasteiger partial charge in [-0.25, -0.2) is 4.79 Å². The average molecular weight is 472 g/mol. The Balaban J connectivity index is 1.34. The van der Waals surface area contributed by atoms with Gasteiger partial charge in [0.25, 0.3) is 0 Å². The lowest BCUT2D eigenvalue weighted by atomic mass is 9.79. The highest BCUT2D eigenvalue weighted by atomic mass is 16.7. The highest BCUT2D eigenvalue weighted by Crippen LogP contribution is 2.51. The van der Waals surface area contributed by atoms with E-state index in [4.69, 9.17) is 23.7 Å². The Kier molecular flexibility index (Phi) is 5.64. The molecule has 0 spiro atoms. The molecule has 2 heterocycles. The predicted octanol–water partition coefficient (Wildman–Crippen LogP) is 4.13. The minimum atomic E-state index is -0.905. The highest BCUT2D eigenvalue weighted by molar-refractivity contribution is 5.98. The Morgan fingerprint density at radius 2 is 1.63 bits per heavy atom. The number of carbonyl (C=O) groups excluding carboxylic acids is 1. The van der Waals surface area contributed by atoms with Gasteiger partial charge in [-0.3, -0.25) is 0 Å². The molecule has 0 fully saturated rings. The van der Waals surface area contributed by atoms with Crippen LogP contribution < -0.4 is 14.2 Å². The first-order chi connectivity index (χ1) is 17.2. The van der Waals surface area contributed by atoms with Gasteiger partial charge in [0.05, 0.1) is 6.61 Å². The molecule has 0 unspecified atom stereocenters. The SMILES string of the molecule is O=C1O[C@@H]2[C@H](OCc3ccccc3)[C@H](O)C=C[C@@H]2c2cc3c(c(OCc4ccccc4)c21)OCO3. The van der Waals surface area contributed by atoms with Gasteiger partial charge in [0, 0.05) is 5.92 Å². The zero-order valence-corrected chi connectivity index (χ0v) is 18.8. The molecule has 178 valence electrons. The van der Waals surface area contributed by atoms with Crippen LogP contribution >= 0.6 is 0 Å². The largest absolute Gasteiger partial charge is 0.484 e. The molecule has 1 N–H and O–H groups in total. The van der Waals surface area contributed by atoms with Crippen molar-refractivity contribution < 1.29 is 33.6 Å². The summed E-state index contributed by atoms with van der Waals surface area (Å²) in [6, 6.07) is 21.2. The lowest BCUT2D eigenvalue weighted by molar-refractivity contribution is -0.110. The van der Waals surface area contributed by atoms with Gasteiger partial charge in [-0.05, 0) is 22.8 Å². The number of hydrogen-bond donors (Lipinski definition) is 1. The van der Waals surface area contributed by atoms with E-state index in [1.807, 2.05) is 66.7 Å². The third-order valence-electron chi connectivity index (χ3n) is 6.50. The van der Waals surface area contributed by atoms with E-state index in [2.05, 4.69) is 0 Å². The predicted molar refractivity (Wildman–Crippen MR) is 125 cm³/mol. The Bertz CT molecular complexity index is 1260. The lowest BCUT2D eigenvalue weighted by Gasteiger charge is -2.40. The van der Waals surface area contributed by atoms with Crippen LogP contribution in [0.25, 0.3) is 0 Å². The summed E-state index contributed by atoms with van der Waals surface area (Å²) >= 11 is 0. The number of ether oxygens (including phenoxy) is 5. The number of fused-ring (bicyclic) bond motifs is 4. The third kappa shape index (κ3) is 4.03. The van der Waals surface area contributed by atoms with Crippen LogP contribution in [0.3, 0.4) is 0 Å². The van der Waals surface area contributed by atoms with E-state index in [1.165, 1.54) is 0 Å². The van der Waals surface area contributed by atoms with E-state index in [0.717, 1.165) is 11.1 Å². The number of aliphatic hydroxyl groups is 1. The summed E-state index contributed by atoms with van der Waals surface area (Å²) in [7, 11) is 0. The molecule has 6 rings (SSSR count). The zero-order chi connectivity index (χ0) is 23.8. The van der Waals surface area contributed by atoms with Crippen molar-refractivity contribution in [3.05, 3.63) is 101 Å². The number of carbonyl (C=O) groups is 1. The summed E-state index contributed by atoms with van der Waals surface area (Å²) in [5.74, 6) is 0.343. The van der Waals surface area contributed by atoms with Crippen molar-refractivity contribution in [3.8, 4) is 17.2 Å². The van der Waals surface area contributed by atoms with Crippen molar-refractivity contribution in [2.24, 2.45) is 0 Å². The first kappa shape index (κ1) is 21.7.